The molecule has 0 fully saturated rings. The second-order valence-corrected chi connectivity index (χ2v) is 7.59. The highest BCUT2D eigenvalue weighted by Crippen LogP contribution is 2.20. The van der Waals surface area contributed by atoms with Crippen molar-refractivity contribution in [2.75, 3.05) is 6.61 Å². The van der Waals surface area contributed by atoms with Crippen molar-refractivity contribution in [3.05, 3.63) is 69.6 Å². The molecule has 156 valence electrons. The van der Waals surface area contributed by atoms with Crippen molar-refractivity contribution < 1.29 is 4.74 Å². The van der Waals surface area contributed by atoms with Crippen molar-refractivity contribution in [2.45, 2.75) is 32.2 Å². The van der Waals surface area contributed by atoms with Crippen molar-refractivity contribution in [1.82, 2.24) is 18.7 Å². The molecule has 0 aliphatic carbocycles. The van der Waals surface area contributed by atoms with Gasteiger partial charge in [-0.2, -0.15) is 0 Å². The van der Waals surface area contributed by atoms with E-state index in [1.54, 1.807) is 13.4 Å². The van der Waals surface area contributed by atoms with Gasteiger partial charge in [0.15, 0.2) is 11.2 Å². The van der Waals surface area contributed by atoms with Gasteiger partial charge in [0.1, 0.15) is 5.75 Å². The molecule has 2 aromatic carbocycles. The summed E-state index contributed by atoms with van der Waals surface area (Å²) in [6, 6.07) is 14.4. The van der Waals surface area contributed by atoms with E-state index in [2.05, 4.69) is 29.2 Å². The molecular formula is C23H26N4O3. The van der Waals surface area contributed by atoms with E-state index < -0.39 is 0 Å². The van der Waals surface area contributed by atoms with Gasteiger partial charge in [-0.1, -0.05) is 43.2 Å². The summed E-state index contributed by atoms with van der Waals surface area (Å²) >= 11 is 0. The number of rotatable bonds is 8. The number of hydrogen-bond donors (Lipinski definition) is 0. The topological polar surface area (TPSA) is 71.0 Å². The van der Waals surface area contributed by atoms with E-state index in [1.165, 1.54) is 22.4 Å². The third-order valence-corrected chi connectivity index (χ3v) is 5.50. The second-order valence-electron chi connectivity index (χ2n) is 7.59. The molecule has 7 nitrogen and oxygen atoms in total. The van der Waals surface area contributed by atoms with E-state index in [-0.39, 0.29) is 11.2 Å². The number of ether oxygens (including phenoxy) is 1. The maximum atomic E-state index is 12.4. The molecule has 0 N–H and O–H groups in total. The van der Waals surface area contributed by atoms with Crippen molar-refractivity contribution >= 4 is 21.9 Å². The quantitative estimate of drug-likeness (QED) is 0.421. The standard InChI is InChI=1S/C23H26N4O3/c1-25-21-20(22(28)26(2)23(25)29)27(16-24-21)13-7-3-4-8-14-30-19-12-11-17-9-5-6-10-18(17)15-19/h5-6,9-12,15-16H,3-4,7-8,13-14H2,1-2H3. The normalized spacial score (nSPS) is 11.4. The minimum Gasteiger partial charge on any atom is -0.494 e. The van der Waals surface area contributed by atoms with E-state index in [4.69, 9.17) is 4.74 Å². The highest BCUT2D eigenvalue weighted by atomic mass is 16.5. The average molecular weight is 406 g/mol. The van der Waals surface area contributed by atoms with E-state index >= 15 is 0 Å². The molecule has 0 spiro atoms. The molecule has 0 saturated heterocycles. The third kappa shape index (κ3) is 3.87. The number of aryl methyl sites for hydroxylation is 2. The van der Waals surface area contributed by atoms with Crippen LogP contribution in [-0.2, 0) is 20.6 Å². The lowest BCUT2D eigenvalue weighted by Gasteiger charge is -2.08. The minimum atomic E-state index is -0.357. The van der Waals surface area contributed by atoms with Crippen molar-refractivity contribution in [3.8, 4) is 5.75 Å². The van der Waals surface area contributed by atoms with Crippen LogP contribution in [0.1, 0.15) is 25.7 Å². The number of fused-ring (bicyclic) bond motifs is 2. The average Bonchev–Trinajstić information content (AvgIpc) is 3.19. The molecule has 30 heavy (non-hydrogen) atoms. The lowest BCUT2D eigenvalue weighted by molar-refractivity contribution is 0.304. The summed E-state index contributed by atoms with van der Waals surface area (Å²) in [5.74, 6) is 0.903. The van der Waals surface area contributed by atoms with Gasteiger partial charge < -0.3 is 9.30 Å². The van der Waals surface area contributed by atoms with Gasteiger partial charge in [0, 0.05) is 20.6 Å². The molecule has 0 atom stereocenters. The van der Waals surface area contributed by atoms with Gasteiger partial charge in [-0.3, -0.25) is 13.9 Å². The van der Waals surface area contributed by atoms with E-state index in [0.717, 1.165) is 36.0 Å². The number of hydrogen-bond acceptors (Lipinski definition) is 4. The first-order chi connectivity index (χ1) is 14.6. The fraction of sp³-hybridized carbons (Fsp3) is 0.348. The largest absolute Gasteiger partial charge is 0.494 e. The first-order valence-electron chi connectivity index (χ1n) is 10.3. The van der Waals surface area contributed by atoms with E-state index in [0.29, 0.717) is 24.3 Å². The van der Waals surface area contributed by atoms with E-state index in [1.807, 2.05) is 22.8 Å². The Hall–Kier alpha value is -3.35. The van der Waals surface area contributed by atoms with Crippen LogP contribution >= 0.6 is 0 Å². The summed E-state index contributed by atoms with van der Waals surface area (Å²) < 4.78 is 10.3. The number of nitrogens with zero attached hydrogens (tertiary/aromatic N) is 4. The summed E-state index contributed by atoms with van der Waals surface area (Å²) in [5.41, 5.74) is 0.268. The lowest BCUT2D eigenvalue weighted by Crippen LogP contribution is -2.37. The fourth-order valence-corrected chi connectivity index (χ4v) is 3.75. The molecule has 0 radical (unpaired) electrons. The van der Waals surface area contributed by atoms with Gasteiger partial charge in [-0.25, -0.2) is 9.78 Å². The Balaban J connectivity index is 1.26. The molecule has 2 aromatic heterocycles. The molecule has 0 amide bonds. The third-order valence-electron chi connectivity index (χ3n) is 5.50. The Morgan fingerprint density at radius 3 is 2.50 bits per heavy atom. The van der Waals surface area contributed by atoms with Crippen LogP contribution in [0.25, 0.3) is 21.9 Å². The Bertz CT molecular complexity index is 1300. The zero-order chi connectivity index (χ0) is 21.1. The van der Waals surface area contributed by atoms with Gasteiger partial charge in [-0.05, 0) is 35.7 Å². The number of imidazole rings is 1. The summed E-state index contributed by atoms with van der Waals surface area (Å²) in [4.78, 5) is 28.7. The van der Waals surface area contributed by atoms with Crippen molar-refractivity contribution in [1.29, 1.82) is 0 Å². The molecule has 0 aliphatic rings. The predicted molar refractivity (Wildman–Crippen MR) is 118 cm³/mol. The Kier molecular flexibility index (Phi) is 5.70. The fourth-order valence-electron chi connectivity index (χ4n) is 3.75. The maximum Gasteiger partial charge on any atom is 0.332 e. The molecule has 0 aliphatic heterocycles. The molecule has 4 aromatic rings. The molecule has 7 heteroatoms. The van der Waals surface area contributed by atoms with Gasteiger partial charge in [0.25, 0.3) is 5.56 Å². The number of benzene rings is 2. The lowest BCUT2D eigenvalue weighted by atomic mass is 10.1. The van der Waals surface area contributed by atoms with Crippen LogP contribution in [0.4, 0.5) is 0 Å². The Morgan fingerprint density at radius 2 is 1.67 bits per heavy atom. The predicted octanol–water partition coefficient (Wildman–Crippen LogP) is 3.23. The first-order valence-corrected chi connectivity index (χ1v) is 10.3. The Labute approximate surface area is 174 Å². The van der Waals surface area contributed by atoms with Crippen LogP contribution in [0.15, 0.2) is 58.4 Å². The SMILES string of the molecule is Cn1c(=O)c2c(ncn2CCCCCCOc2ccc3ccccc3c2)n(C)c1=O. The van der Waals surface area contributed by atoms with Crippen LogP contribution in [0.3, 0.4) is 0 Å². The molecular weight excluding hydrogens is 380 g/mol. The number of unbranched alkanes of at least 4 members (excludes halogenated alkanes) is 3. The van der Waals surface area contributed by atoms with Crippen LogP contribution in [0.2, 0.25) is 0 Å². The molecule has 0 bridgehead atoms. The van der Waals surface area contributed by atoms with Crippen LogP contribution in [0.5, 0.6) is 5.75 Å². The van der Waals surface area contributed by atoms with Gasteiger partial charge in [-0.15, -0.1) is 0 Å². The molecule has 0 unspecified atom stereocenters. The summed E-state index contributed by atoms with van der Waals surface area (Å²) in [7, 11) is 3.13. The van der Waals surface area contributed by atoms with Gasteiger partial charge >= 0.3 is 5.69 Å². The van der Waals surface area contributed by atoms with E-state index in [9.17, 15) is 9.59 Å². The summed E-state index contributed by atoms with van der Waals surface area (Å²) in [5, 5.41) is 2.40. The summed E-state index contributed by atoms with van der Waals surface area (Å²) in [6.07, 6.45) is 5.65. The highest BCUT2D eigenvalue weighted by Gasteiger charge is 2.13. The summed E-state index contributed by atoms with van der Waals surface area (Å²) in [6.45, 7) is 1.39. The molecule has 0 saturated carbocycles. The highest BCUT2D eigenvalue weighted by molar-refractivity contribution is 5.83. The molecule has 4 rings (SSSR count). The van der Waals surface area contributed by atoms with Crippen molar-refractivity contribution in [3.63, 3.8) is 0 Å². The van der Waals surface area contributed by atoms with Gasteiger partial charge in [0.05, 0.1) is 12.9 Å². The van der Waals surface area contributed by atoms with Gasteiger partial charge in [0.2, 0.25) is 0 Å². The van der Waals surface area contributed by atoms with Crippen LogP contribution < -0.4 is 16.0 Å². The zero-order valence-electron chi connectivity index (χ0n) is 17.4. The van der Waals surface area contributed by atoms with Crippen molar-refractivity contribution in [2.24, 2.45) is 14.1 Å². The zero-order valence-corrected chi connectivity index (χ0v) is 17.4. The monoisotopic (exact) mass is 406 g/mol. The first kappa shape index (κ1) is 19.9. The Morgan fingerprint density at radius 1 is 0.900 bits per heavy atom. The van der Waals surface area contributed by atoms with Crippen LogP contribution in [-0.4, -0.2) is 25.3 Å². The second kappa shape index (κ2) is 8.57. The molecule has 2 heterocycles. The minimum absolute atomic E-state index is 0.297. The smallest absolute Gasteiger partial charge is 0.332 e. The number of aromatic nitrogens is 4. The maximum absolute atomic E-state index is 12.4. The van der Waals surface area contributed by atoms with Crippen LogP contribution in [0, 0.1) is 0 Å².